The Hall–Kier alpha value is -1.69. The van der Waals surface area contributed by atoms with Gasteiger partial charge in [-0.15, -0.1) is 0 Å². The summed E-state index contributed by atoms with van der Waals surface area (Å²) >= 11 is 5.17. The molecule has 0 aromatic carbocycles. The number of pyridine rings is 1. The molecule has 0 bridgehead atoms. The van der Waals surface area contributed by atoms with Gasteiger partial charge in [-0.3, -0.25) is 9.89 Å². The SMILES string of the molecule is CCn1c(-c2ccc(C(C)(C)C)n(C)c2=O)n[nH]c1=S. The van der Waals surface area contributed by atoms with E-state index in [1.807, 2.05) is 23.6 Å². The van der Waals surface area contributed by atoms with Crippen LogP contribution >= 0.6 is 12.2 Å². The number of nitrogens with zero attached hydrogens (tertiary/aromatic N) is 3. The van der Waals surface area contributed by atoms with E-state index in [0.717, 1.165) is 5.69 Å². The first kappa shape index (κ1) is 14.7. The minimum atomic E-state index is -0.0814. The molecule has 2 heterocycles. The minimum Gasteiger partial charge on any atom is -0.315 e. The van der Waals surface area contributed by atoms with Crippen LogP contribution in [0.3, 0.4) is 0 Å². The van der Waals surface area contributed by atoms with E-state index in [1.54, 1.807) is 11.6 Å². The third kappa shape index (κ3) is 2.35. The van der Waals surface area contributed by atoms with E-state index in [-0.39, 0.29) is 11.0 Å². The van der Waals surface area contributed by atoms with Gasteiger partial charge < -0.3 is 9.13 Å². The first-order chi connectivity index (χ1) is 9.27. The second-order valence-corrected chi connectivity index (χ2v) is 6.23. The van der Waals surface area contributed by atoms with Crippen LogP contribution in [0.25, 0.3) is 11.4 Å². The Labute approximate surface area is 123 Å². The van der Waals surface area contributed by atoms with E-state index in [2.05, 4.69) is 31.0 Å². The van der Waals surface area contributed by atoms with Crippen LogP contribution in [-0.2, 0) is 19.0 Å². The topological polar surface area (TPSA) is 55.6 Å². The molecule has 20 heavy (non-hydrogen) atoms. The lowest BCUT2D eigenvalue weighted by atomic mass is 9.91. The quantitative estimate of drug-likeness (QED) is 0.866. The Kier molecular flexibility index (Phi) is 3.69. The Balaban J connectivity index is 2.70. The zero-order chi connectivity index (χ0) is 15.1. The zero-order valence-corrected chi connectivity index (χ0v) is 13.3. The van der Waals surface area contributed by atoms with E-state index in [9.17, 15) is 4.79 Å². The third-order valence-corrected chi connectivity index (χ3v) is 3.70. The van der Waals surface area contributed by atoms with Crippen molar-refractivity contribution in [2.75, 3.05) is 0 Å². The highest BCUT2D eigenvalue weighted by atomic mass is 32.1. The van der Waals surface area contributed by atoms with Crippen molar-refractivity contribution in [2.45, 2.75) is 39.7 Å². The average molecular weight is 292 g/mol. The van der Waals surface area contributed by atoms with Crippen molar-refractivity contribution in [3.63, 3.8) is 0 Å². The number of aromatic amines is 1. The normalized spacial score (nSPS) is 11.8. The molecule has 0 unspecified atom stereocenters. The molecule has 2 aromatic rings. The van der Waals surface area contributed by atoms with E-state index in [0.29, 0.717) is 22.7 Å². The summed E-state index contributed by atoms with van der Waals surface area (Å²) < 4.78 is 4.04. The molecule has 0 radical (unpaired) electrons. The summed E-state index contributed by atoms with van der Waals surface area (Å²) in [6, 6.07) is 3.81. The van der Waals surface area contributed by atoms with Crippen LogP contribution < -0.4 is 5.56 Å². The van der Waals surface area contributed by atoms with Crippen LogP contribution in [0.4, 0.5) is 0 Å². The zero-order valence-electron chi connectivity index (χ0n) is 12.5. The number of aromatic nitrogens is 4. The largest absolute Gasteiger partial charge is 0.315 e. The second-order valence-electron chi connectivity index (χ2n) is 5.84. The Morgan fingerprint density at radius 2 is 2.00 bits per heavy atom. The van der Waals surface area contributed by atoms with E-state index in [4.69, 9.17) is 12.2 Å². The van der Waals surface area contributed by atoms with Gasteiger partial charge in [-0.1, -0.05) is 20.8 Å². The molecule has 0 saturated carbocycles. The molecule has 6 heteroatoms. The highest BCUT2D eigenvalue weighted by Crippen LogP contribution is 2.22. The van der Waals surface area contributed by atoms with E-state index >= 15 is 0 Å². The molecule has 0 saturated heterocycles. The molecule has 5 nitrogen and oxygen atoms in total. The third-order valence-electron chi connectivity index (χ3n) is 3.39. The number of H-pyrrole nitrogens is 1. The molecule has 1 N–H and O–H groups in total. The lowest BCUT2D eigenvalue weighted by Crippen LogP contribution is -2.28. The van der Waals surface area contributed by atoms with Gasteiger partial charge in [0.05, 0.1) is 5.56 Å². The molecule has 0 atom stereocenters. The fraction of sp³-hybridized carbons (Fsp3) is 0.500. The Morgan fingerprint density at radius 3 is 2.55 bits per heavy atom. The second kappa shape index (κ2) is 5.01. The molecule has 2 rings (SSSR count). The summed E-state index contributed by atoms with van der Waals surface area (Å²) in [5.41, 5.74) is 1.42. The molecule has 0 aliphatic rings. The Bertz CT molecular complexity index is 746. The average Bonchev–Trinajstić information content (AvgIpc) is 2.72. The van der Waals surface area contributed by atoms with Gasteiger partial charge in [0.25, 0.3) is 5.56 Å². The van der Waals surface area contributed by atoms with Crippen molar-refractivity contribution in [1.82, 2.24) is 19.3 Å². The monoisotopic (exact) mass is 292 g/mol. The summed E-state index contributed by atoms with van der Waals surface area (Å²) in [6.07, 6.45) is 0. The number of nitrogens with one attached hydrogen (secondary N) is 1. The predicted octanol–water partition coefficient (Wildman–Crippen LogP) is 2.62. The molecule has 0 amide bonds. The molecule has 0 spiro atoms. The smallest absolute Gasteiger partial charge is 0.261 e. The highest BCUT2D eigenvalue weighted by molar-refractivity contribution is 7.71. The highest BCUT2D eigenvalue weighted by Gasteiger charge is 2.20. The lowest BCUT2D eigenvalue weighted by molar-refractivity contribution is 0.531. The van der Waals surface area contributed by atoms with Crippen LogP contribution in [0.15, 0.2) is 16.9 Å². The van der Waals surface area contributed by atoms with Gasteiger partial charge in [-0.05, 0) is 31.3 Å². The van der Waals surface area contributed by atoms with Crippen molar-refractivity contribution in [3.8, 4) is 11.4 Å². The van der Waals surface area contributed by atoms with Crippen LogP contribution in [0.5, 0.6) is 0 Å². The van der Waals surface area contributed by atoms with Crippen molar-refractivity contribution in [2.24, 2.45) is 7.05 Å². The first-order valence-electron chi connectivity index (χ1n) is 6.63. The Morgan fingerprint density at radius 1 is 1.35 bits per heavy atom. The molecule has 108 valence electrons. The van der Waals surface area contributed by atoms with Gasteiger partial charge in [-0.2, -0.15) is 5.10 Å². The van der Waals surface area contributed by atoms with Crippen LogP contribution in [0, 0.1) is 4.77 Å². The van der Waals surface area contributed by atoms with Crippen molar-refractivity contribution < 1.29 is 0 Å². The first-order valence-corrected chi connectivity index (χ1v) is 7.04. The standard InChI is InChI=1S/C14H20N4OS/c1-6-18-11(15-16-13(18)20)9-7-8-10(14(2,3)4)17(5)12(9)19/h7-8H,6H2,1-5H3,(H,16,20). The fourth-order valence-corrected chi connectivity index (χ4v) is 2.64. The van der Waals surface area contributed by atoms with Crippen LogP contribution in [0.2, 0.25) is 0 Å². The summed E-state index contributed by atoms with van der Waals surface area (Å²) in [5.74, 6) is 0.596. The van der Waals surface area contributed by atoms with Gasteiger partial charge in [-0.25, -0.2) is 0 Å². The molecule has 2 aromatic heterocycles. The van der Waals surface area contributed by atoms with Crippen LogP contribution in [-0.4, -0.2) is 19.3 Å². The summed E-state index contributed by atoms with van der Waals surface area (Å²) in [7, 11) is 1.80. The van der Waals surface area contributed by atoms with Gasteiger partial charge in [0.2, 0.25) is 0 Å². The van der Waals surface area contributed by atoms with Crippen molar-refractivity contribution in [1.29, 1.82) is 0 Å². The maximum atomic E-state index is 12.6. The predicted molar refractivity (Wildman–Crippen MR) is 82.5 cm³/mol. The van der Waals surface area contributed by atoms with E-state index < -0.39 is 0 Å². The minimum absolute atomic E-state index is 0.0545. The van der Waals surface area contributed by atoms with E-state index in [1.165, 1.54) is 0 Å². The molecule has 0 fully saturated rings. The fourth-order valence-electron chi connectivity index (χ4n) is 2.38. The summed E-state index contributed by atoms with van der Waals surface area (Å²) in [6.45, 7) is 8.91. The van der Waals surface area contributed by atoms with Gasteiger partial charge in [0.15, 0.2) is 10.6 Å². The number of hydrogen-bond donors (Lipinski definition) is 1. The molecule has 0 aliphatic carbocycles. The van der Waals surface area contributed by atoms with Gasteiger partial charge in [0.1, 0.15) is 0 Å². The van der Waals surface area contributed by atoms with Crippen molar-refractivity contribution in [3.05, 3.63) is 33.0 Å². The molecular formula is C14H20N4OS. The molecular weight excluding hydrogens is 272 g/mol. The van der Waals surface area contributed by atoms with Gasteiger partial charge >= 0.3 is 0 Å². The summed E-state index contributed by atoms with van der Waals surface area (Å²) in [5, 5.41) is 6.93. The number of rotatable bonds is 2. The van der Waals surface area contributed by atoms with Crippen LogP contribution in [0.1, 0.15) is 33.4 Å². The lowest BCUT2D eigenvalue weighted by Gasteiger charge is -2.22. The van der Waals surface area contributed by atoms with Crippen molar-refractivity contribution >= 4 is 12.2 Å². The maximum Gasteiger partial charge on any atom is 0.261 e. The maximum absolute atomic E-state index is 12.6. The molecule has 0 aliphatic heterocycles. The summed E-state index contributed by atoms with van der Waals surface area (Å²) in [4.78, 5) is 12.6. The number of hydrogen-bond acceptors (Lipinski definition) is 3. The van der Waals surface area contributed by atoms with Gasteiger partial charge in [0, 0.05) is 24.7 Å².